The molecular formula is C21H27N3O3S. The van der Waals surface area contributed by atoms with Crippen LogP contribution in [-0.4, -0.2) is 38.6 Å². The van der Waals surface area contributed by atoms with E-state index in [2.05, 4.69) is 21.0 Å². The first kappa shape index (κ1) is 20.4. The second-order valence-electron chi connectivity index (χ2n) is 7.29. The second-order valence-corrected chi connectivity index (χ2v) is 9.04. The van der Waals surface area contributed by atoms with Crippen LogP contribution in [0.4, 0.5) is 5.69 Å². The largest absolute Gasteiger partial charge is 0.348 e. The molecule has 1 saturated heterocycles. The number of hydrogen-bond donors (Lipinski definition) is 2. The summed E-state index contributed by atoms with van der Waals surface area (Å²) in [7, 11) is -3.40. The highest BCUT2D eigenvalue weighted by Crippen LogP contribution is 2.20. The Kier molecular flexibility index (Phi) is 6.36. The number of nitrogens with one attached hydrogen (secondary N) is 2. The zero-order valence-electron chi connectivity index (χ0n) is 16.4. The van der Waals surface area contributed by atoms with Gasteiger partial charge >= 0.3 is 0 Å². The van der Waals surface area contributed by atoms with E-state index >= 15 is 0 Å². The second kappa shape index (κ2) is 8.75. The van der Waals surface area contributed by atoms with E-state index in [1.165, 1.54) is 18.4 Å². The molecule has 1 fully saturated rings. The van der Waals surface area contributed by atoms with Crippen molar-refractivity contribution in [3.8, 4) is 0 Å². The molecule has 2 aromatic carbocycles. The van der Waals surface area contributed by atoms with Gasteiger partial charge in [0.2, 0.25) is 10.0 Å². The summed E-state index contributed by atoms with van der Waals surface area (Å²) in [6.45, 7) is 5.33. The smallest absolute Gasteiger partial charge is 0.251 e. The van der Waals surface area contributed by atoms with Gasteiger partial charge in [0.15, 0.2) is 0 Å². The van der Waals surface area contributed by atoms with E-state index in [1.54, 1.807) is 25.1 Å². The number of sulfonamides is 1. The minimum Gasteiger partial charge on any atom is -0.348 e. The average Bonchev–Trinajstić information content (AvgIpc) is 3.14. The third-order valence-electron chi connectivity index (χ3n) is 5.02. The maximum absolute atomic E-state index is 12.7. The fourth-order valence-electron chi connectivity index (χ4n) is 3.53. The van der Waals surface area contributed by atoms with E-state index in [0.29, 0.717) is 23.4 Å². The molecule has 0 aromatic heterocycles. The molecule has 0 saturated carbocycles. The highest BCUT2D eigenvalue weighted by atomic mass is 32.2. The molecule has 3 rings (SSSR count). The van der Waals surface area contributed by atoms with Gasteiger partial charge in [-0.2, -0.15) is 0 Å². The van der Waals surface area contributed by atoms with Crippen molar-refractivity contribution in [2.24, 2.45) is 0 Å². The van der Waals surface area contributed by atoms with Gasteiger partial charge in [-0.15, -0.1) is 0 Å². The summed E-state index contributed by atoms with van der Waals surface area (Å²) in [6.07, 6.45) is 3.59. The molecule has 2 aromatic rings. The van der Waals surface area contributed by atoms with Crippen molar-refractivity contribution in [1.29, 1.82) is 0 Å². The Morgan fingerprint density at radius 2 is 1.71 bits per heavy atom. The van der Waals surface area contributed by atoms with Crippen molar-refractivity contribution in [2.45, 2.75) is 32.9 Å². The van der Waals surface area contributed by atoms with Crippen LogP contribution in [-0.2, 0) is 23.1 Å². The van der Waals surface area contributed by atoms with Gasteiger partial charge in [0.1, 0.15) is 0 Å². The number of carbonyl (C=O) groups is 1. The Bertz CT molecular complexity index is 951. The highest BCUT2D eigenvalue weighted by Gasteiger charge is 2.16. The molecule has 0 atom stereocenters. The Balaban J connectivity index is 1.70. The van der Waals surface area contributed by atoms with Crippen LogP contribution in [0.1, 0.15) is 39.9 Å². The van der Waals surface area contributed by atoms with Gasteiger partial charge in [-0.1, -0.05) is 30.3 Å². The van der Waals surface area contributed by atoms with Crippen LogP contribution in [0.2, 0.25) is 0 Å². The summed E-state index contributed by atoms with van der Waals surface area (Å²) in [5.41, 5.74) is 3.82. The number of likely N-dealkylation sites (tertiary alicyclic amines) is 1. The number of benzene rings is 2. The van der Waals surface area contributed by atoms with Gasteiger partial charge in [-0.25, -0.2) is 8.42 Å². The molecule has 1 aliphatic heterocycles. The molecule has 2 N–H and O–H groups in total. The van der Waals surface area contributed by atoms with Crippen LogP contribution in [0, 0.1) is 6.92 Å². The third kappa shape index (κ3) is 5.33. The molecule has 1 heterocycles. The summed E-state index contributed by atoms with van der Waals surface area (Å²) in [4.78, 5) is 15.1. The Hall–Kier alpha value is -2.38. The molecule has 0 unspecified atom stereocenters. The summed E-state index contributed by atoms with van der Waals surface area (Å²) in [5, 5.41) is 2.98. The van der Waals surface area contributed by atoms with E-state index < -0.39 is 10.0 Å². The van der Waals surface area contributed by atoms with Crippen molar-refractivity contribution >= 4 is 21.6 Å². The van der Waals surface area contributed by atoms with E-state index in [9.17, 15) is 13.2 Å². The number of anilines is 1. The molecule has 0 bridgehead atoms. The molecule has 150 valence electrons. The molecule has 0 radical (unpaired) electrons. The van der Waals surface area contributed by atoms with E-state index in [1.807, 2.05) is 18.2 Å². The van der Waals surface area contributed by atoms with E-state index in [0.717, 1.165) is 31.5 Å². The zero-order valence-corrected chi connectivity index (χ0v) is 17.2. The number of carbonyl (C=O) groups excluding carboxylic acids is 1. The molecule has 7 heteroatoms. The number of hydrogen-bond acceptors (Lipinski definition) is 4. The average molecular weight is 402 g/mol. The summed E-state index contributed by atoms with van der Waals surface area (Å²) < 4.78 is 25.5. The topological polar surface area (TPSA) is 78.5 Å². The lowest BCUT2D eigenvalue weighted by Gasteiger charge is -2.18. The van der Waals surface area contributed by atoms with Gasteiger partial charge in [-0.3, -0.25) is 14.4 Å². The van der Waals surface area contributed by atoms with Gasteiger partial charge in [0, 0.05) is 18.7 Å². The quantitative estimate of drug-likeness (QED) is 0.748. The molecule has 1 amide bonds. The molecule has 6 nitrogen and oxygen atoms in total. The van der Waals surface area contributed by atoms with Crippen molar-refractivity contribution in [2.75, 3.05) is 24.1 Å². The first-order valence-corrected chi connectivity index (χ1v) is 11.4. The maximum atomic E-state index is 12.7. The number of amides is 1. The molecule has 28 heavy (non-hydrogen) atoms. The van der Waals surface area contributed by atoms with Crippen molar-refractivity contribution < 1.29 is 13.2 Å². The third-order valence-corrected chi connectivity index (χ3v) is 5.61. The van der Waals surface area contributed by atoms with Crippen LogP contribution >= 0.6 is 0 Å². The monoisotopic (exact) mass is 401 g/mol. The number of rotatable bonds is 7. The first-order valence-electron chi connectivity index (χ1n) is 9.48. The minimum atomic E-state index is -3.40. The molecular weight excluding hydrogens is 374 g/mol. The zero-order chi connectivity index (χ0) is 20.1. The Morgan fingerprint density at radius 3 is 2.39 bits per heavy atom. The maximum Gasteiger partial charge on any atom is 0.251 e. The van der Waals surface area contributed by atoms with Crippen LogP contribution in [0.15, 0.2) is 42.5 Å². The standard InChI is InChI=1S/C21H27N3O3S/c1-16-19(10-7-11-20(16)23-28(2,26)27)21(25)22-14-17-8-3-4-9-18(17)15-24-12-5-6-13-24/h3-4,7-11,23H,5-6,12-15H2,1-2H3,(H,22,25). The van der Waals surface area contributed by atoms with Gasteiger partial charge in [0.05, 0.1) is 11.9 Å². The predicted molar refractivity (Wildman–Crippen MR) is 112 cm³/mol. The Morgan fingerprint density at radius 1 is 1.04 bits per heavy atom. The lowest BCUT2D eigenvalue weighted by Crippen LogP contribution is -2.26. The van der Waals surface area contributed by atoms with Gasteiger partial charge in [-0.05, 0) is 61.7 Å². The lowest BCUT2D eigenvalue weighted by atomic mass is 10.0. The summed E-state index contributed by atoms with van der Waals surface area (Å²) in [5.74, 6) is -0.217. The van der Waals surface area contributed by atoms with Crippen molar-refractivity contribution in [1.82, 2.24) is 10.2 Å². The van der Waals surface area contributed by atoms with Crippen LogP contribution in [0.25, 0.3) is 0 Å². The molecule has 0 spiro atoms. The van der Waals surface area contributed by atoms with Gasteiger partial charge < -0.3 is 5.32 Å². The number of nitrogens with zero attached hydrogens (tertiary/aromatic N) is 1. The van der Waals surface area contributed by atoms with Crippen LogP contribution in [0.5, 0.6) is 0 Å². The summed E-state index contributed by atoms with van der Waals surface area (Å²) >= 11 is 0. The minimum absolute atomic E-state index is 0.217. The van der Waals surface area contributed by atoms with Crippen molar-refractivity contribution in [3.63, 3.8) is 0 Å². The van der Waals surface area contributed by atoms with E-state index in [-0.39, 0.29) is 5.91 Å². The highest BCUT2D eigenvalue weighted by molar-refractivity contribution is 7.92. The Labute approximate surface area is 167 Å². The summed E-state index contributed by atoms with van der Waals surface area (Å²) in [6, 6.07) is 13.2. The van der Waals surface area contributed by atoms with Crippen LogP contribution in [0.3, 0.4) is 0 Å². The lowest BCUT2D eigenvalue weighted by molar-refractivity contribution is 0.0950. The van der Waals surface area contributed by atoms with E-state index in [4.69, 9.17) is 0 Å². The molecule has 0 aliphatic carbocycles. The van der Waals surface area contributed by atoms with Crippen molar-refractivity contribution in [3.05, 3.63) is 64.7 Å². The fraction of sp³-hybridized carbons (Fsp3) is 0.381. The molecule has 1 aliphatic rings. The van der Waals surface area contributed by atoms with Gasteiger partial charge in [0.25, 0.3) is 5.91 Å². The fourth-order valence-corrected chi connectivity index (χ4v) is 4.15. The SMILES string of the molecule is Cc1c(NS(C)(=O)=O)cccc1C(=O)NCc1ccccc1CN1CCCC1. The van der Waals surface area contributed by atoms with Crippen LogP contribution < -0.4 is 10.0 Å². The predicted octanol–water partition coefficient (Wildman–Crippen LogP) is 2.89. The normalized spacial score (nSPS) is 14.8. The first-order chi connectivity index (χ1) is 13.3.